The van der Waals surface area contributed by atoms with Crippen molar-refractivity contribution in [2.75, 3.05) is 0 Å². The molecule has 0 atom stereocenters. The van der Waals surface area contributed by atoms with Crippen LogP contribution in [0.2, 0.25) is 0 Å². The SMILES string of the molecule is C=CC(=O)Oc1ccc2c(c1)c(F)cc1cc(OC(=O)C(=C)C)ccc12. The second kappa shape index (κ2) is 6.80. The predicted molar refractivity (Wildman–Crippen MR) is 97.7 cm³/mol. The summed E-state index contributed by atoms with van der Waals surface area (Å²) in [4.78, 5) is 22.9. The highest BCUT2D eigenvalue weighted by atomic mass is 19.1. The standard InChI is InChI=1S/C21H15FO4/c1-4-20(23)25-15-6-8-17-16-7-5-14(26-21(24)12(2)3)9-13(16)10-19(22)18(17)11-15/h4-11H,1-2H2,3H3. The molecule has 0 unspecified atom stereocenters. The van der Waals surface area contributed by atoms with Gasteiger partial charge in [0.05, 0.1) is 0 Å². The molecule has 0 saturated heterocycles. The quantitative estimate of drug-likeness (QED) is 0.296. The lowest BCUT2D eigenvalue weighted by Crippen LogP contribution is -2.08. The van der Waals surface area contributed by atoms with E-state index in [1.807, 2.05) is 0 Å². The Hall–Kier alpha value is -3.47. The molecule has 0 amide bonds. The molecular formula is C21H15FO4. The first kappa shape index (κ1) is 17.4. The number of carbonyl (C=O) groups excluding carboxylic acids is 2. The Morgan fingerprint density at radius 3 is 2.27 bits per heavy atom. The van der Waals surface area contributed by atoms with E-state index in [4.69, 9.17) is 9.47 Å². The van der Waals surface area contributed by atoms with Crippen LogP contribution in [0.5, 0.6) is 11.5 Å². The minimum atomic E-state index is -0.616. The van der Waals surface area contributed by atoms with Gasteiger partial charge in [0.25, 0.3) is 0 Å². The van der Waals surface area contributed by atoms with Crippen LogP contribution in [0.3, 0.4) is 0 Å². The molecule has 0 aliphatic rings. The molecule has 0 radical (unpaired) electrons. The van der Waals surface area contributed by atoms with Crippen molar-refractivity contribution in [2.45, 2.75) is 6.92 Å². The zero-order valence-corrected chi connectivity index (χ0v) is 14.0. The number of hydrogen-bond donors (Lipinski definition) is 0. The fourth-order valence-electron chi connectivity index (χ4n) is 2.55. The van der Waals surface area contributed by atoms with Crippen molar-refractivity contribution in [2.24, 2.45) is 0 Å². The molecular weight excluding hydrogens is 335 g/mol. The third-order valence-electron chi connectivity index (χ3n) is 3.79. The highest BCUT2D eigenvalue weighted by molar-refractivity contribution is 6.08. The first-order valence-corrected chi connectivity index (χ1v) is 7.77. The Bertz CT molecular complexity index is 1080. The molecule has 0 heterocycles. The summed E-state index contributed by atoms with van der Waals surface area (Å²) in [5.74, 6) is -1.10. The van der Waals surface area contributed by atoms with E-state index in [-0.39, 0.29) is 11.3 Å². The molecule has 3 aromatic rings. The zero-order chi connectivity index (χ0) is 18.8. The van der Waals surface area contributed by atoms with Crippen LogP contribution in [0.1, 0.15) is 6.92 Å². The molecule has 0 aliphatic heterocycles. The summed E-state index contributed by atoms with van der Waals surface area (Å²) >= 11 is 0. The molecule has 0 N–H and O–H groups in total. The molecule has 5 heteroatoms. The van der Waals surface area contributed by atoms with Crippen molar-refractivity contribution < 1.29 is 23.5 Å². The van der Waals surface area contributed by atoms with E-state index in [0.29, 0.717) is 21.9 Å². The van der Waals surface area contributed by atoms with Crippen molar-refractivity contribution in [3.8, 4) is 11.5 Å². The van der Waals surface area contributed by atoms with E-state index in [9.17, 15) is 14.0 Å². The first-order chi connectivity index (χ1) is 12.4. The van der Waals surface area contributed by atoms with Crippen LogP contribution >= 0.6 is 0 Å². The lowest BCUT2D eigenvalue weighted by Gasteiger charge is -2.10. The summed E-state index contributed by atoms with van der Waals surface area (Å²) in [6.07, 6.45) is 1.04. The fraction of sp³-hybridized carbons (Fsp3) is 0.0476. The maximum atomic E-state index is 14.6. The molecule has 0 aliphatic carbocycles. The number of fused-ring (bicyclic) bond motifs is 3. The number of hydrogen-bond acceptors (Lipinski definition) is 4. The molecule has 0 bridgehead atoms. The van der Waals surface area contributed by atoms with E-state index in [2.05, 4.69) is 13.2 Å². The number of ether oxygens (including phenoxy) is 2. The van der Waals surface area contributed by atoms with E-state index in [1.54, 1.807) is 37.3 Å². The lowest BCUT2D eigenvalue weighted by molar-refractivity contribution is -0.130. The van der Waals surface area contributed by atoms with Crippen molar-refractivity contribution in [1.82, 2.24) is 0 Å². The number of carbonyl (C=O) groups is 2. The summed E-state index contributed by atoms with van der Waals surface area (Å²) in [6.45, 7) is 8.40. The second-order valence-electron chi connectivity index (χ2n) is 5.74. The maximum absolute atomic E-state index is 14.6. The van der Waals surface area contributed by atoms with Gasteiger partial charge in [-0.3, -0.25) is 0 Å². The Morgan fingerprint density at radius 1 is 0.962 bits per heavy atom. The fourth-order valence-corrected chi connectivity index (χ4v) is 2.55. The maximum Gasteiger partial charge on any atom is 0.338 e. The molecule has 3 rings (SSSR count). The van der Waals surface area contributed by atoms with Gasteiger partial charge in [-0.1, -0.05) is 19.2 Å². The monoisotopic (exact) mass is 350 g/mol. The Labute approximate surface area is 149 Å². The molecule has 4 nitrogen and oxygen atoms in total. The van der Waals surface area contributed by atoms with Crippen LogP contribution in [0, 0.1) is 5.82 Å². The Balaban J connectivity index is 2.08. The Kier molecular flexibility index (Phi) is 4.54. The molecule has 0 aromatic heterocycles. The van der Waals surface area contributed by atoms with Gasteiger partial charge in [-0.2, -0.15) is 0 Å². The van der Waals surface area contributed by atoms with Gasteiger partial charge in [-0.15, -0.1) is 0 Å². The van der Waals surface area contributed by atoms with Crippen LogP contribution < -0.4 is 9.47 Å². The topological polar surface area (TPSA) is 52.6 Å². The first-order valence-electron chi connectivity index (χ1n) is 7.77. The molecule has 26 heavy (non-hydrogen) atoms. The van der Waals surface area contributed by atoms with Crippen LogP contribution in [0.15, 0.2) is 67.3 Å². The van der Waals surface area contributed by atoms with Crippen LogP contribution in [0.4, 0.5) is 4.39 Å². The minimum Gasteiger partial charge on any atom is -0.423 e. The summed E-state index contributed by atoms with van der Waals surface area (Å²) in [7, 11) is 0. The van der Waals surface area contributed by atoms with Crippen LogP contribution in [0.25, 0.3) is 21.5 Å². The van der Waals surface area contributed by atoms with Gasteiger partial charge in [0.2, 0.25) is 0 Å². The van der Waals surface area contributed by atoms with Gasteiger partial charge in [-0.25, -0.2) is 14.0 Å². The second-order valence-corrected chi connectivity index (χ2v) is 5.74. The average molecular weight is 350 g/mol. The third kappa shape index (κ3) is 3.32. The summed E-state index contributed by atoms with van der Waals surface area (Å²) in [6, 6.07) is 11.0. The van der Waals surface area contributed by atoms with E-state index in [0.717, 1.165) is 11.5 Å². The van der Waals surface area contributed by atoms with Crippen LogP contribution in [-0.2, 0) is 9.59 Å². The van der Waals surface area contributed by atoms with Gasteiger partial charge < -0.3 is 9.47 Å². The van der Waals surface area contributed by atoms with Crippen molar-refractivity contribution in [1.29, 1.82) is 0 Å². The van der Waals surface area contributed by atoms with Gasteiger partial charge in [0.15, 0.2) is 0 Å². The number of benzene rings is 3. The highest BCUT2D eigenvalue weighted by Gasteiger charge is 2.11. The predicted octanol–water partition coefficient (Wildman–Crippen LogP) is 4.71. The number of rotatable bonds is 4. The zero-order valence-electron chi connectivity index (χ0n) is 14.0. The smallest absolute Gasteiger partial charge is 0.338 e. The summed E-state index contributed by atoms with van der Waals surface area (Å²) in [5, 5.41) is 2.32. The van der Waals surface area contributed by atoms with E-state index in [1.165, 1.54) is 12.1 Å². The van der Waals surface area contributed by atoms with Gasteiger partial charge in [0.1, 0.15) is 17.3 Å². The summed E-state index contributed by atoms with van der Waals surface area (Å²) in [5.41, 5.74) is 0.274. The average Bonchev–Trinajstić information content (AvgIpc) is 2.61. The van der Waals surface area contributed by atoms with Crippen molar-refractivity contribution >= 4 is 33.5 Å². The van der Waals surface area contributed by atoms with E-state index < -0.39 is 17.8 Å². The van der Waals surface area contributed by atoms with Crippen molar-refractivity contribution in [3.63, 3.8) is 0 Å². The molecule has 130 valence electrons. The normalized spacial score (nSPS) is 10.5. The van der Waals surface area contributed by atoms with E-state index >= 15 is 0 Å². The number of halogens is 1. The largest absolute Gasteiger partial charge is 0.423 e. The Morgan fingerprint density at radius 2 is 1.62 bits per heavy atom. The highest BCUT2D eigenvalue weighted by Crippen LogP contribution is 2.32. The number of esters is 2. The van der Waals surface area contributed by atoms with Gasteiger partial charge in [-0.05, 0) is 59.5 Å². The van der Waals surface area contributed by atoms with Gasteiger partial charge >= 0.3 is 11.9 Å². The van der Waals surface area contributed by atoms with Crippen molar-refractivity contribution in [3.05, 3.63) is 73.1 Å². The lowest BCUT2D eigenvalue weighted by atomic mass is 10.0. The van der Waals surface area contributed by atoms with Gasteiger partial charge in [0, 0.05) is 17.0 Å². The third-order valence-corrected chi connectivity index (χ3v) is 3.79. The molecule has 3 aromatic carbocycles. The molecule has 0 fully saturated rings. The molecule has 0 spiro atoms. The minimum absolute atomic E-state index is 0.229. The molecule has 0 saturated carbocycles. The summed E-state index contributed by atoms with van der Waals surface area (Å²) < 4.78 is 24.8. The van der Waals surface area contributed by atoms with Crippen LogP contribution in [-0.4, -0.2) is 11.9 Å².